The van der Waals surface area contributed by atoms with Crippen LogP contribution >= 0.6 is 0 Å². The normalized spacial score (nSPS) is 13.6. The molecule has 22 heavy (non-hydrogen) atoms. The van der Waals surface area contributed by atoms with Crippen LogP contribution in [0.25, 0.3) is 0 Å². The molecule has 0 spiro atoms. The first-order chi connectivity index (χ1) is 10.6. The number of methoxy groups -OCH3 is 1. The second-order valence-corrected chi connectivity index (χ2v) is 5.41. The lowest BCUT2D eigenvalue weighted by molar-refractivity contribution is 0.0170. The van der Waals surface area contributed by atoms with Crippen molar-refractivity contribution in [3.8, 4) is 18.1 Å². The van der Waals surface area contributed by atoms with Crippen LogP contribution in [-0.2, 0) is 11.3 Å². The Hall–Kier alpha value is -1.54. The number of hydrogen-bond donors (Lipinski definition) is 1. The lowest BCUT2D eigenvalue weighted by Gasteiger charge is -2.30. The molecule has 0 heterocycles. The summed E-state index contributed by atoms with van der Waals surface area (Å²) in [6, 6.07) is 8.39. The second kappa shape index (κ2) is 10.2. The third kappa shape index (κ3) is 6.48. The summed E-state index contributed by atoms with van der Waals surface area (Å²) >= 11 is 0. The van der Waals surface area contributed by atoms with Crippen molar-refractivity contribution in [2.24, 2.45) is 0 Å². The first-order valence-corrected chi connectivity index (χ1v) is 7.66. The van der Waals surface area contributed by atoms with E-state index in [-0.39, 0.29) is 13.2 Å². The summed E-state index contributed by atoms with van der Waals surface area (Å²) in [6.45, 7) is 6.15. The fraction of sp³-hybridized carbons (Fsp3) is 0.556. The molecule has 0 radical (unpaired) electrons. The smallest absolute Gasteiger partial charge is 0.118 e. The third-order valence-corrected chi connectivity index (χ3v) is 3.70. The molecule has 1 N–H and O–H groups in total. The number of rotatable bonds is 10. The van der Waals surface area contributed by atoms with E-state index < -0.39 is 6.10 Å². The lowest BCUT2D eigenvalue weighted by Crippen LogP contribution is -2.39. The SMILES string of the molecule is C#CCOC[C@H](O)CN(Cc1ccc(OC)cc1)[C@H](C)CC. The van der Waals surface area contributed by atoms with Gasteiger partial charge in [0.05, 0.1) is 19.8 Å². The Kier molecular flexibility index (Phi) is 8.61. The van der Waals surface area contributed by atoms with Crippen LogP contribution in [0, 0.1) is 12.3 Å². The van der Waals surface area contributed by atoms with Gasteiger partial charge in [0.1, 0.15) is 12.4 Å². The molecule has 0 aromatic heterocycles. The third-order valence-electron chi connectivity index (χ3n) is 3.70. The summed E-state index contributed by atoms with van der Waals surface area (Å²) in [7, 11) is 1.66. The van der Waals surface area contributed by atoms with Crippen LogP contribution in [0.1, 0.15) is 25.8 Å². The molecule has 122 valence electrons. The van der Waals surface area contributed by atoms with Gasteiger partial charge in [0.15, 0.2) is 0 Å². The van der Waals surface area contributed by atoms with Gasteiger partial charge in [0.2, 0.25) is 0 Å². The Bertz CT molecular complexity index is 452. The van der Waals surface area contributed by atoms with E-state index in [9.17, 15) is 5.11 Å². The van der Waals surface area contributed by atoms with Gasteiger partial charge in [-0.2, -0.15) is 0 Å². The van der Waals surface area contributed by atoms with Crippen LogP contribution in [0.5, 0.6) is 5.75 Å². The largest absolute Gasteiger partial charge is 0.497 e. The summed E-state index contributed by atoms with van der Waals surface area (Å²) in [5.74, 6) is 3.25. The maximum atomic E-state index is 10.1. The molecular formula is C18H27NO3. The van der Waals surface area contributed by atoms with Gasteiger partial charge in [-0.25, -0.2) is 0 Å². The molecule has 1 rings (SSSR count). The maximum absolute atomic E-state index is 10.1. The minimum Gasteiger partial charge on any atom is -0.497 e. The highest BCUT2D eigenvalue weighted by Crippen LogP contribution is 2.15. The molecule has 0 unspecified atom stereocenters. The molecule has 0 aliphatic heterocycles. The first-order valence-electron chi connectivity index (χ1n) is 7.66. The predicted molar refractivity (Wildman–Crippen MR) is 88.8 cm³/mol. The number of terminal acetylenes is 1. The van der Waals surface area contributed by atoms with Crippen LogP contribution in [0.4, 0.5) is 0 Å². The molecule has 0 amide bonds. The maximum Gasteiger partial charge on any atom is 0.118 e. The van der Waals surface area contributed by atoms with Crippen LogP contribution in [0.3, 0.4) is 0 Å². The van der Waals surface area contributed by atoms with Gasteiger partial charge in [-0.1, -0.05) is 25.0 Å². The standard InChI is InChI=1S/C18H27NO3/c1-5-11-22-14-17(20)13-19(15(3)6-2)12-16-7-9-18(21-4)10-8-16/h1,7-10,15,17,20H,6,11-14H2,2-4H3/t15-,17-/m1/s1. The first kappa shape index (κ1) is 18.5. The lowest BCUT2D eigenvalue weighted by atomic mass is 10.1. The molecule has 0 fully saturated rings. The number of ether oxygens (including phenoxy) is 2. The molecular weight excluding hydrogens is 278 g/mol. The topological polar surface area (TPSA) is 41.9 Å². The molecule has 0 aliphatic rings. The van der Waals surface area contributed by atoms with E-state index in [1.807, 2.05) is 12.1 Å². The average molecular weight is 305 g/mol. The molecule has 4 heteroatoms. The Morgan fingerprint density at radius 1 is 1.32 bits per heavy atom. The molecule has 4 nitrogen and oxygen atoms in total. The summed E-state index contributed by atoms with van der Waals surface area (Å²) in [5, 5.41) is 10.1. The van der Waals surface area contributed by atoms with Crippen molar-refractivity contribution >= 4 is 0 Å². The number of aliphatic hydroxyl groups excluding tert-OH is 1. The predicted octanol–water partition coefficient (Wildman–Crippen LogP) is 2.31. The van der Waals surface area contributed by atoms with Crippen molar-refractivity contribution in [1.82, 2.24) is 4.90 Å². The number of nitrogens with zero attached hydrogens (tertiary/aromatic N) is 1. The van der Waals surface area contributed by atoms with E-state index in [0.717, 1.165) is 18.7 Å². The quantitative estimate of drug-likeness (QED) is 0.532. The highest BCUT2D eigenvalue weighted by molar-refractivity contribution is 5.27. The van der Waals surface area contributed by atoms with Crippen molar-refractivity contribution < 1.29 is 14.6 Å². The minimum absolute atomic E-state index is 0.235. The molecule has 0 aliphatic carbocycles. The van der Waals surface area contributed by atoms with E-state index in [0.29, 0.717) is 12.6 Å². The number of benzene rings is 1. The highest BCUT2D eigenvalue weighted by atomic mass is 16.5. The van der Waals surface area contributed by atoms with Crippen molar-refractivity contribution in [2.75, 3.05) is 26.9 Å². The number of aliphatic hydroxyl groups is 1. The van der Waals surface area contributed by atoms with Gasteiger partial charge < -0.3 is 14.6 Å². The zero-order valence-electron chi connectivity index (χ0n) is 13.8. The van der Waals surface area contributed by atoms with Crippen LogP contribution in [0.15, 0.2) is 24.3 Å². The van der Waals surface area contributed by atoms with Gasteiger partial charge in [0.25, 0.3) is 0 Å². The van der Waals surface area contributed by atoms with E-state index in [1.54, 1.807) is 7.11 Å². The van der Waals surface area contributed by atoms with Crippen LogP contribution in [0.2, 0.25) is 0 Å². The van der Waals surface area contributed by atoms with Gasteiger partial charge in [0, 0.05) is 19.1 Å². The summed E-state index contributed by atoms with van der Waals surface area (Å²) in [5.41, 5.74) is 1.19. The summed E-state index contributed by atoms with van der Waals surface area (Å²) < 4.78 is 10.4. The summed E-state index contributed by atoms with van der Waals surface area (Å²) in [4.78, 5) is 2.26. The molecule has 1 aromatic carbocycles. The van der Waals surface area contributed by atoms with E-state index in [2.05, 4.69) is 36.8 Å². The fourth-order valence-corrected chi connectivity index (χ4v) is 2.20. The zero-order chi connectivity index (χ0) is 16.4. The highest BCUT2D eigenvalue weighted by Gasteiger charge is 2.17. The molecule has 0 saturated carbocycles. The molecule has 1 aromatic rings. The van der Waals surface area contributed by atoms with Crippen LogP contribution in [-0.4, -0.2) is 49.0 Å². The van der Waals surface area contributed by atoms with Crippen molar-refractivity contribution in [3.63, 3.8) is 0 Å². The van der Waals surface area contributed by atoms with Crippen molar-refractivity contribution in [1.29, 1.82) is 0 Å². The van der Waals surface area contributed by atoms with E-state index in [4.69, 9.17) is 15.9 Å². The monoisotopic (exact) mass is 305 g/mol. The Morgan fingerprint density at radius 3 is 2.55 bits per heavy atom. The van der Waals surface area contributed by atoms with Gasteiger partial charge in [-0.05, 0) is 31.0 Å². The van der Waals surface area contributed by atoms with Gasteiger partial charge >= 0.3 is 0 Å². The Morgan fingerprint density at radius 2 is 2.00 bits per heavy atom. The van der Waals surface area contributed by atoms with Crippen molar-refractivity contribution in [3.05, 3.63) is 29.8 Å². The van der Waals surface area contributed by atoms with Crippen LogP contribution < -0.4 is 4.74 Å². The van der Waals surface area contributed by atoms with E-state index in [1.165, 1.54) is 5.56 Å². The zero-order valence-corrected chi connectivity index (χ0v) is 13.8. The average Bonchev–Trinajstić information content (AvgIpc) is 2.54. The molecule has 0 bridgehead atoms. The Balaban J connectivity index is 2.61. The summed E-state index contributed by atoms with van der Waals surface area (Å²) in [6.07, 6.45) is 5.62. The van der Waals surface area contributed by atoms with Gasteiger partial charge in [-0.3, -0.25) is 4.90 Å². The fourth-order valence-electron chi connectivity index (χ4n) is 2.20. The minimum atomic E-state index is -0.541. The van der Waals surface area contributed by atoms with Gasteiger partial charge in [-0.15, -0.1) is 6.42 Å². The van der Waals surface area contributed by atoms with E-state index >= 15 is 0 Å². The Labute approximate surface area is 134 Å². The number of hydrogen-bond acceptors (Lipinski definition) is 4. The van der Waals surface area contributed by atoms with Crippen molar-refractivity contribution in [2.45, 2.75) is 39.0 Å². The second-order valence-electron chi connectivity index (χ2n) is 5.41. The molecule has 2 atom stereocenters. The molecule has 0 saturated heterocycles.